The molecule has 0 saturated carbocycles. The summed E-state index contributed by atoms with van der Waals surface area (Å²) in [7, 11) is 1.60. The van der Waals surface area contributed by atoms with Crippen molar-refractivity contribution in [1.82, 2.24) is 0 Å². The minimum atomic E-state index is -4.55. The molecule has 0 aliphatic rings. The second kappa shape index (κ2) is 8.49. The molecule has 116 valence electrons. The normalized spacial score (nSPS) is 11.2. The van der Waals surface area contributed by atoms with E-state index in [9.17, 15) is 13.2 Å². The molecule has 0 N–H and O–H groups in total. The van der Waals surface area contributed by atoms with Crippen LogP contribution in [0.5, 0.6) is 5.75 Å². The average molecular weight is 303 g/mol. The number of rotatable bonds is 8. The Morgan fingerprint density at radius 1 is 1.14 bits per heavy atom. The minimum Gasteiger partial charge on any atom is -0.491 e. The molecule has 0 unspecified atom stereocenters. The third-order valence-corrected chi connectivity index (χ3v) is 2.55. The van der Waals surface area contributed by atoms with Gasteiger partial charge >= 0.3 is 6.18 Å². The number of methoxy groups -OCH3 is 1. The summed E-state index contributed by atoms with van der Waals surface area (Å²) in [6.07, 6.45) is -3.79. The SMILES string of the molecule is COCCCOCCOc1ccc(C(F)(F)F)c(C#N)c1. The molecular formula is C14H16F3NO3. The Morgan fingerprint density at radius 2 is 1.90 bits per heavy atom. The fourth-order valence-electron chi connectivity index (χ4n) is 1.58. The first-order valence-corrected chi connectivity index (χ1v) is 6.30. The molecule has 0 bridgehead atoms. The smallest absolute Gasteiger partial charge is 0.417 e. The van der Waals surface area contributed by atoms with Gasteiger partial charge in [-0.3, -0.25) is 0 Å². The van der Waals surface area contributed by atoms with Crippen molar-refractivity contribution in [2.24, 2.45) is 0 Å². The van der Waals surface area contributed by atoms with E-state index in [-0.39, 0.29) is 12.4 Å². The van der Waals surface area contributed by atoms with Gasteiger partial charge in [0.25, 0.3) is 0 Å². The molecule has 1 rings (SSSR count). The molecule has 0 spiro atoms. The van der Waals surface area contributed by atoms with Crippen LogP contribution in [0, 0.1) is 11.3 Å². The summed E-state index contributed by atoms with van der Waals surface area (Å²) >= 11 is 0. The number of ether oxygens (including phenoxy) is 3. The third-order valence-electron chi connectivity index (χ3n) is 2.55. The van der Waals surface area contributed by atoms with Gasteiger partial charge in [0.1, 0.15) is 12.4 Å². The van der Waals surface area contributed by atoms with Crippen molar-refractivity contribution in [3.05, 3.63) is 29.3 Å². The fraction of sp³-hybridized carbons (Fsp3) is 0.500. The van der Waals surface area contributed by atoms with Crippen molar-refractivity contribution in [3.63, 3.8) is 0 Å². The lowest BCUT2D eigenvalue weighted by molar-refractivity contribution is -0.137. The number of alkyl halides is 3. The van der Waals surface area contributed by atoms with Crippen molar-refractivity contribution >= 4 is 0 Å². The van der Waals surface area contributed by atoms with Gasteiger partial charge in [-0.15, -0.1) is 0 Å². The maximum Gasteiger partial charge on any atom is 0.417 e. The molecule has 0 radical (unpaired) electrons. The molecule has 7 heteroatoms. The Morgan fingerprint density at radius 3 is 2.52 bits per heavy atom. The molecule has 0 amide bonds. The molecule has 0 aliphatic heterocycles. The molecule has 21 heavy (non-hydrogen) atoms. The summed E-state index contributed by atoms with van der Waals surface area (Å²) in [5.41, 5.74) is -1.42. The Kier molecular flexibility index (Phi) is 6.99. The molecule has 0 atom stereocenters. The van der Waals surface area contributed by atoms with Crippen LogP contribution in [-0.2, 0) is 15.7 Å². The van der Waals surface area contributed by atoms with Gasteiger partial charge in [0.2, 0.25) is 0 Å². The summed E-state index contributed by atoms with van der Waals surface area (Å²) in [5, 5.41) is 8.76. The van der Waals surface area contributed by atoms with Crippen LogP contribution in [0.2, 0.25) is 0 Å². The summed E-state index contributed by atoms with van der Waals surface area (Å²) in [4.78, 5) is 0. The van der Waals surface area contributed by atoms with E-state index in [0.717, 1.165) is 18.6 Å². The number of hydrogen-bond donors (Lipinski definition) is 0. The van der Waals surface area contributed by atoms with E-state index in [1.165, 1.54) is 12.1 Å². The maximum atomic E-state index is 12.6. The molecule has 1 aromatic rings. The first-order chi connectivity index (χ1) is 9.99. The van der Waals surface area contributed by atoms with Gasteiger partial charge in [-0.25, -0.2) is 0 Å². The maximum absolute atomic E-state index is 12.6. The zero-order valence-electron chi connectivity index (χ0n) is 11.6. The summed E-state index contributed by atoms with van der Waals surface area (Å²) in [5.74, 6) is 0.208. The lowest BCUT2D eigenvalue weighted by Gasteiger charge is -2.11. The van der Waals surface area contributed by atoms with Crippen LogP contribution < -0.4 is 4.74 Å². The fourth-order valence-corrected chi connectivity index (χ4v) is 1.58. The average Bonchev–Trinajstić information content (AvgIpc) is 2.45. The Hall–Kier alpha value is -1.78. The van der Waals surface area contributed by atoms with Crippen LogP contribution in [0.3, 0.4) is 0 Å². The number of nitrogens with zero attached hydrogens (tertiary/aromatic N) is 1. The van der Waals surface area contributed by atoms with E-state index in [1.54, 1.807) is 7.11 Å². The molecule has 1 aromatic carbocycles. The van der Waals surface area contributed by atoms with Crippen molar-refractivity contribution in [3.8, 4) is 11.8 Å². The van der Waals surface area contributed by atoms with Crippen molar-refractivity contribution in [1.29, 1.82) is 5.26 Å². The van der Waals surface area contributed by atoms with Gasteiger partial charge in [0.15, 0.2) is 0 Å². The quantitative estimate of drug-likeness (QED) is 0.693. The first kappa shape index (κ1) is 17.3. The van der Waals surface area contributed by atoms with Crippen LogP contribution >= 0.6 is 0 Å². The highest BCUT2D eigenvalue weighted by Crippen LogP contribution is 2.33. The summed E-state index contributed by atoms with van der Waals surface area (Å²) < 4.78 is 53.1. The molecule has 0 aliphatic carbocycles. The Labute approximate surface area is 121 Å². The van der Waals surface area contributed by atoms with Crippen molar-refractivity contribution in [2.75, 3.05) is 33.5 Å². The van der Waals surface area contributed by atoms with Gasteiger partial charge in [-0.2, -0.15) is 18.4 Å². The van der Waals surface area contributed by atoms with Crippen LogP contribution in [0.15, 0.2) is 18.2 Å². The molecule has 0 saturated heterocycles. The molecule has 0 fully saturated rings. The lowest BCUT2D eigenvalue weighted by atomic mass is 10.1. The highest BCUT2D eigenvalue weighted by molar-refractivity contribution is 5.44. The van der Waals surface area contributed by atoms with E-state index in [1.807, 2.05) is 0 Å². The molecule has 0 aromatic heterocycles. The lowest BCUT2D eigenvalue weighted by Crippen LogP contribution is -2.10. The number of benzene rings is 1. The van der Waals surface area contributed by atoms with Gasteiger partial charge in [0, 0.05) is 20.3 Å². The molecule has 4 nitrogen and oxygen atoms in total. The highest BCUT2D eigenvalue weighted by Gasteiger charge is 2.33. The standard InChI is InChI=1S/C14H16F3NO3/c1-19-5-2-6-20-7-8-21-12-3-4-13(14(15,16)17)11(9-12)10-18/h3-4,9H,2,5-8H2,1H3. The van der Waals surface area contributed by atoms with Crippen LogP contribution in [-0.4, -0.2) is 33.5 Å². The summed E-state index contributed by atoms with van der Waals surface area (Å²) in [6.45, 7) is 1.63. The van der Waals surface area contributed by atoms with E-state index in [2.05, 4.69) is 0 Å². The topological polar surface area (TPSA) is 51.5 Å². The van der Waals surface area contributed by atoms with E-state index >= 15 is 0 Å². The second-order valence-corrected chi connectivity index (χ2v) is 4.12. The third kappa shape index (κ3) is 6.02. The van der Waals surface area contributed by atoms with E-state index in [0.29, 0.717) is 19.8 Å². The Bertz CT molecular complexity index is 483. The predicted molar refractivity (Wildman–Crippen MR) is 69.0 cm³/mol. The minimum absolute atomic E-state index is 0.198. The number of hydrogen-bond acceptors (Lipinski definition) is 4. The van der Waals surface area contributed by atoms with E-state index in [4.69, 9.17) is 19.5 Å². The number of halogens is 3. The zero-order chi connectivity index (χ0) is 15.7. The Balaban J connectivity index is 2.45. The first-order valence-electron chi connectivity index (χ1n) is 6.30. The predicted octanol–water partition coefficient (Wildman–Crippen LogP) is 3.01. The molecule has 0 heterocycles. The van der Waals surface area contributed by atoms with Crippen molar-refractivity contribution in [2.45, 2.75) is 12.6 Å². The van der Waals surface area contributed by atoms with Gasteiger partial charge in [-0.05, 0) is 24.6 Å². The number of nitriles is 1. The van der Waals surface area contributed by atoms with Crippen LogP contribution in [0.25, 0.3) is 0 Å². The monoisotopic (exact) mass is 303 g/mol. The van der Waals surface area contributed by atoms with E-state index < -0.39 is 17.3 Å². The van der Waals surface area contributed by atoms with Gasteiger partial charge in [0.05, 0.1) is 23.8 Å². The van der Waals surface area contributed by atoms with Crippen LogP contribution in [0.4, 0.5) is 13.2 Å². The second-order valence-electron chi connectivity index (χ2n) is 4.12. The van der Waals surface area contributed by atoms with Crippen molar-refractivity contribution < 1.29 is 27.4 Å². The largest absolute Gasteiger partial charge is 0.491 e. The molecular weight excluding hydrogens is 287 g/mol. The summed E-state index contributed by atoms with van der Waals surface area (Å²) in [6, 6.07) is 4.63. The van der Waals surface area contributed by atoms with Gasteiger partial charge in [-0.1, -0.05) is 0 Å². The van der Waals surface area contributed by atoms with Gasteiger partial charge < -0.3 is 14.2 Å². The van der Waals surface area contributed by atoms with Crippen LogP contribution in [0.1, 0.15) is 17.5 Å². The highest BCUT2D eigenvalue weighted by atomic mass is 19.4. The zero-order valence-corrected chi connectivity index (χ0v) is 11.6.